The molecule has 23 heavy (non-hydrogen) atoms. The largest absolute Gasteiger partial charge is 0.323 e. The molecule has 0 atom stereocenters. The normalized spacial score (nSPS) is 11.1. The molecule has 1 aromatic heterocycles. The second kappa shape index (κ2) is 6.89. The molecule has 0 unspecified atom stereocenters. The van der Waals surface area contributed by atoms with Gasteiger partial charge in [-0.3, -0.25) is 9.48 Å². The van der Waals surface area contributed by atoms with Crippen LogP contribution in [0.25, 0.3) is 0 Å². The summed E-state index contributed by atoms with van der Waals surface area (Å²) < 4.78 is 28.4. The lowest BCUT2D eigenvalue weighted by atomic mass is 10.1. The first kappa shape index (κ1) is 17.1. The van der Waals surface area contributed by atoms with E-state index in [2.05, 4.69) is 24.3 Å². The van der Waals surface area contributed by atoms with E-state index >= 15 is 0 Å². The van der Waals surface area contributed by atoms with Crippen LogP contribution in [0, 0.1) is 31.4 Å². The molecule has 124 valence electrons. The molecule has 0 saturated heterocycles. The highest BCUT2D eigenvalue weighted by Crippen LogP contribution is 2.18. The third kappa shape index (κ3) is 4.15. The van der Waals surface area contributed by atoms with E-state index in [1.54, 1.807) is 0 Å². The lowest BCUT2D eigenvalue weighted by molar-refractivity contribution is -0.115. The number of nitrogens with one attached hydrogen (secondary N) is 1. The van der Waals surface area contributed by atoms with Crippen LogP contribution in [0.5, 0.6) is 0 Å². The first-order valence-electron chi connectivity index (χ1n) is 7.55. The number of nitrogens with zero attached hydrogens (tertiary/aromatic N) is 2. The molecule has 4 nitrogen and oxygen atoms in total. The standard InChI is InChI=1S/C17H21F2N3O/c1-10(2)9-22-12(4)14(11(3)21-22)8-17(23)20-16-6-5-13(18)7-15(16)19/h5-7,10H,8-9H2,1-4H3,(H,20,23). The van der Waals surface area contributed by atoms with Crippen LogP contribution in [0.15, 0.2) is 18.2 Å². The number of carbonyl (C=O) groups is 1. The van der Waals surface area contributed by atoms with Gasteiger partial charge in [0.25, 0.3) is 0 Å². The van der Waals surface area contributed by atoms with Crippen LogP contribution < -0.4 is 5.32 Å². The summed E-state index contributed by atoms with van der Waals surface area (Å²) in [4.78, 5) is 12.1. The maximum Gasteiger partial charge on any atom is 0.229 e. The van der Waals surface area contributed by atoms with Gasteiger partial charge in [0, 0.05) is 23.9 Å². The summed E-state index contributed by atoms with van der Waals surface area (Å²) in [6, 6.07) is 3.06. The summed E-state index contributed by atoms with van der Waals surface area (Å²) in [6.45, 7) is 8.75. The molecule has 0 saturated carbocycles. The van der Waals surface area contributed by atoms with E-state index in [1.807, 2.05) is 18.5 Å². The Morgan fingerprint density at radius 1 is 1.30 bits per heavy atom. The van der Waals surface area contributed by atoms with Crippen LogP contribution >= 0.6 is 0 Å². The number of anilines is 1. The topological polar surface area (TPSA) is 46.9 Å². The smallest absolute Gasteiger partial charge is 0.229 e. The van der Waals surface area contributed by atoms with Crippen molar-refractivity contribution in [3.8, 4) is 0 Å². The Balaban J connectivity index is 2.12. The van der Waals surface area contributed by atoms with Crippen LogP contribution in [0.3, 0.4) is 0 Å². The zero-order valence-electron chi connectivity index (χ0n) is 13.8. The highest BCUT2D eigenvalue weighted by atomic mass is 19.1. The van der Waals surface area contributed by atoms with Crippen LogP contribution in [0.2, 0.25) is 0 Å². The number of carbonyl (C=O) groups excluding carboxylic acids is 1. The van der Waals surface area contributed by atoms with Crippen molar-refractivity contribution >= 4 is 11.6 Å². The fraction of sp³-hybridized carbons (Fsp3) is 0.412. The monoisotopic (exact) mass is 321 g/mol. The molecule has 0 aliphatic heterocycles. The van der Waals surface area contributed by atoms with Gasteiger partial charge in [-0.05, 0) is 31.9 Å². The van der Waals surface area contributed by atoms with E-state index < -0.39 is 11.6 Å². The number of benzene rings is 1. The van der Waals surface area contributed by atoms with E-state index in [-0.39, 0.29) is 18.0 Å². The summed E-state index contributed by atoms with van der Waals surface area (Å²) in [5.41, 5.74) is 2.54. The zero-order valence-corrected chi connectivity index (χ0v) is 13.8. The van der Waals surface area contributed by atoms with Gasteiger partial charge in [0.2, 0.25) is 5.91 Å². The predicted octanol–water partition coefficient (Wildman–Crippen LogP) is 3.62. The molecule has 2 aromatic rings. The van der Waals surface area contributed by atoms with Gasteiger partial charge in [0.1, 0.15) is 11.6 Å². The van der Waals surface area contributed by atoms with Gasteiger partial charge in [-0.1, -0.05) is 13.8 Å². The Morgan fingerprint density at radius 2 is 2.00 bits per heavy atom. The molecular weight excluding hydrogens is 300 g/mol. The number of aryl methyl sites for hydroxylation is 1. The van der Waals surface area contributed by atoms with Crippen molar-refractivity contribution in [3.05, 3.63) is 46.8 Å². The fourth-order valence-corrected chi connectivity index (χ4v) is 2.46. The summed E-state index contributed by atoms with van der Waals surface area (Å²) >= 11 is 0. The summed E-state index contributed by atoms with van der Waals surface area (Å²) in [5.74, 6) is -1.38. The van der Waals surface area contributed by atoms with E-state index in [1.165, 1.54) is 6.07 Å². The lowest BCUT2D eigenvalue weighted by Gasteiger charge is -2.09. The maximum absolute atomic E-state index is 13.6. The molecule has 1 N–H and O–H groups in total. The average Bonchev–Trinajstić information content (AvgIpc) is 2.69. The second-order valence-corrected chi connectivity index (χ2v) is 6.07. The minimum Gasteiger partial charge on any atom is -0.323 e. The van der Waals surface area contributed by atoms with Crippen LogP contribution in [-0.4, -0.2) is 15.7 Å². The molecule has 0 aliphatic carbocycles. The number of rotatable bonds is 5. The van der Waals surface area contributed by atoms with Crippen molar-refractivity contribution in [2.75, 3.05) is 5.32 Å². The molecule has 0 aliphatic rings. The third-order valence-electron chi connectivity index (χ3n) is 3.61. The van der Waals surface area contributed by atoms with Crippen LogP contribution in [0.1, 0.15) is 30.8 Å². The first-order chi connectivity index (χ1) is 10.8. The van der Waals surface area contributed by atoms with E-state index in [0.29, 0.717) is 5.92 Å². The van der Waals surface area contributed by atoms with Crippen molar-refractivity contribution in [1.29, 1.82) is 0 Å². The quantitative estimate of drug-likeness (QED) is 0.914. The van der Waals surface area contributed by atoms with Crippen molar-refractivity contribution in [3.63, 3.8) is 0 Å². The number of amides is 1. The molecule has 1 amide bonds. The van der Waals surface area contributed by atoms with Crippen molar-refractivity contribution in [2.24, 2.45) is 5.92 Å². The number of halogens is 2. The molecule has 1 heterocycles. The zero-order chi connectivity index (χ0) is 17.1. The maximum atomic E-state index is 13.6. The van der Waals surface area contributed by atoms with Gasteiger partial charge in [-0.2, -0.15) is 5.10 Å². The van der Waals surface area contributed by atoms with E-state index in [0.717, 1.165) is 35.6 Å². The van der Waals surface area contributed by atoms with Crippen LogP contribution in [-0.2, 0) is 17.8 Å². The highest BCUT2D eigenvalue weighted by Gasteiger charge is 2.16. The number of hydrogen-bond acceptors (Lipinski definition) is 2. The Labute approximate surface area is 134 Å². The lowest BCUT2D eigenvalue weighted by Crippen LogP contribution is -2.16. The molecule has 1 aromatic carbocycles. The van der Waals surface area contributed by atoms with Crippen molar-refractivity contribution in [1.82, 2.24) is 9.78 Å². The van der Waals surface area contributed by atoms with Gasteiger partial charge in [-0.15, -0.1) is 0 Å². The van der Waals surface area contributed by atoms with Crippen molar-refractivity contribution in [2.45, 2.75) is 40.7 Å². The van der Waals surface area contributed by atoms with Gasteiger partial charge in [0.05, 0.1) is 17.8 Å². The minimum absolute atomic E-state index is 0.0266. The molecular formula is C17H21F2N3O. The third-order valence-corrected chi connectivity index (χ3v) is 3.61. The van der Waals surface area contributed by atoms with Gasteiger partial charge in [-0.25, -0.2) is 8.78 Å². The minimum atomic E-state index is -0.790. The Kier molecular flexibility index (Phi) is 5.13. The summed E-state index contributed by atoms with van der Waals surface area (Å²) in [6.07, 6.45) is 0.104. The molecule has 6 heteroatoms. The molecule has 0 spiro atoms. The summed E-state index contributed by atoms with van der Waals surface area (Å²) in [5, 5.41) is 6.93. The predicted molar refractivity (Wildman–Crippen MR) is 85.2 cm³/mol. The highest BCUT2D eigenvalue weighted by molar-refractivity contribution is 5.92. The molecule has 0 bridgehead atoms. The van der Waals surface area contributed by atoms with Gasteiger partial charge in [0.15, 0.2) is 0 Å². The Hall–Kier alpha value is -2.24. The number of hydrogen-bond donors (Lipinski definition) is 1. The SMILES string of the molecule is Cc1nn(CC(C)C)c(C)c1CC(=O)Nc1ccc(F)cc1F. The van der Waals surface area contributed by atoms with Gasteiger partial charge >= 0.3 is 0 Å². The number of aromatic nitrogens is 2. The average molecular weight is 321 g/mol. The molecule has 0 fully saturated rings. The van der Waals surface area contributed by atoms with E-state index in [9.17, 15) is 13.6 Å². The van der Waals surface area contributed by atoms with Crippen molar-refractivity contribution < 1.29 is 13.6 Å². The summed E-state index contributed by atoms with van der Waals surface area (Å²) in [7, 11) is 0. The van der Waals surface area contributed by atoms with E-state index in [4.69, 9.17) is 0 Å². The Bertz CT molecular complexity index is 723. The van der Waals surface area contributed by atoms with Crippen LogP contribution in [0.4, 0.5) is 14.5 Å². The van der Waals surface area contributed by atoms with Gasteiger partial charge < -0.3 is 5.32 Å². The first-order valence-corrected chi connectivity index (χ1v) is 7.55. The molecule has 2 rings (SSSR count). The fourth-order valence-electron chi connectivity index (χ4n) is 2.46. The Morgan fingerprint density at radius 3 is 2.61 bits per heavy atom. The second-order valence-electron chi connectivity index (χ2n) is 6.07. The molecule has 0 radical (unpaired) electrons.